The summed E-state index contributed by atoms with van der Waals surface area (Å²) >= 11 is 0. The molecule has 1 aliphatic rings. The Balaban J connectivity index is 2.35. The quantitative estimate of drug-likeness (QED) is 0.704. The Morgan fingerprint density at radius 1 is 1.53 bits per heavy atom. The zero-order valence-electron chi connectivity index (χ0n) is 12.3. The van der Waals surface area contributed by atoms with Crippen LogP contribution in [0.5, 0.6) is 0 Å². The molecular weight excluding hydrogens is 246 g/mol. The predicted octanol–water partition coefficient (Wildman–Crippen LogP) is 1.66. The monoisotopic (exact) mass is 273 g/mol. The Hall–Kier alpha value is -0.650. The van der Waals surface area contributed by atoms with Crippen LogP contribution in [0.3, 0.4) is 0 Å². The minimum atomic E-state index is -0.913. The van der Waals surface area contributed by atoms with Gasteiger partial charge in [0.1, 0.15) is 5.54 Å². The van der Waals surface area contributed by atoms with E-state index < -0.39 is 11.5 Å². The van der Waals surface area contributed by atoms with Gasteiger partial charge in [0.2, 0.25) is 0 Å². The molecule has 2 unspecified atom stereocenters. The molecule has 19 heavy (non-hydrogen) atoms. The van der Waals surface area contributed by atoms with Gasteiger partial charge in [-0.05, 0) is 39.2 Å². The lowest BCUT2D eigenvalue weighted by atomic mass is 9.94. The van der Waals surface area contributed by atoms with Crippen molar-refractivity contribution in [1.82, 2.24) is 5.32 Å². The van der Waals surface area contributed by atoms with Gasteiger partial charge in [-0.2, -0.15) is 0 Å². The number of carbonyl (C=O) groups is 1. The second kappa shape index (κ2) is 7.82. The molecule has 0 saturated carbocycles. The van der Waals surface area contributed by atoms with E-state index in [4.69, 9.17) is 9.47 Å². The van der Waals surface area contributed by atoms with Crippen molar-refractivity contribution in [3.63, 3.8) is 0 Å². The molecule has 0 bridgehead atoms. The Morgan fingerprint density at radius 2 is 2.16 bits per heavy atom. The summed E-state index contributed by atoms with van der Waals surface area (Å²) in [5.74, 6) is -0.276. The van der Waals surface area contributed by atoms with Gasteiger partial charge in [-0.1, -0.05) is 6.92 Å². The molecule has 5 heteroatoms. The molecule has 0 radical (unpaired) electrons. The fourth-order valence-corrected chi connectivity index (χ4v) is 2.47. The topological polar surface area (TPSA) is 67.8 Å². The van der Waals surface area contributed by atoms with Crippen LogP contribution in [0.25, 0.3) is 0 Å². The van der Waals surface area contributed by atoms with E-state index in [0.717, 1.165) is 26.1 Å². The number of nitrogens with one attached hydrogen (secondary N) is 1. The van der Waals surface area contributed by atoms with Crippen molar-refractivity contribution in [1.29, 1.82) is 0 Å². The molecular formula is C14H27NO4. The number of rotatable bonds is 8. The van der Waals surface area contributed by atoms with Crippen LogP contribution in [0, 0.1) is 5.92 Å². The lowest BCUT2D eigenvalue weighted by molar-refractivity contribution is -0.146. The fourth-order valence-electron chi connectivity index (χ4n) is 2.47. The van der Waals surface area contributed by atoms with Crippen LogP contribution in [0.2, 0.25) is 0 Å². The van der Waals surface area contributed by atoms with Gasteiger partial charge in [0.15, 0.2) is 0 Å². The smallest absolute Gasteiger partial charge is 0.323 e. The molecule has 1 saturated heterocycles. The van der Waals surface area contributed by atoms with Gasteiger partial charge in [-0.25, -0.2) is 0 Å². The summed E-state index contributed by atoms with van der Waals surface area (Å²) in [6, 6.07) is 0. The summed E-state index contributed by atoms with van der Waals surface area (Å²) in [6.07, 6.45) is 2.48. The number of ether oxygens (including phenoxy) is 2. The van der Waals surface area contributed by atoms with Crippen LogP contribution in [0.1, 0.15) is 40.0 Å². The summed E-state index contributed by atoms with van der Waals surface area (Å²) in [5.41, 5.74) is -0.913. The fraction of sp³-hybridized carbons (Fsp3) is 0.929. The van der Waals surface area contributed by atoms with Crippen molar-refractivity contribution >= 4 is 5.97 Å². The van der Waals surface area contributed by atoms with Gasteiger partial charge in [0.05, 0.1) is 6.10 Å². The molecule has 0 aliphatic carbocycles. The van der Waals surface area contributed by atoms with Crippen molar-refractivity contribution in [2.45, 2.75) is 51.7 Å². The molecule has 0 aromatic carbocycles. The van der Waals surface area contributed by atoms with E-state index in [1.807, 2.05) is 13.8 Å². The number of likely N-dealkylation sites (N-methyl/N-ethyl adjacent to an activating group) is 1. The highest BCUT2D eigenvalue weighted by atomic mass is 16.5. The second-order valence-electron chi connectivity index (χ2n) is 5.57. The summed E-state index contributed by atoms with van der Waals surface area (Å²) < 4.78 is 11.1. The number of hydrogen-bond acceptors (Lipinski definition) is 4. The predicted molar refractivity (Wildman–Crippen MR) is 73.3 cm³/mol. The van der Waals surface area contributed by atoms with Crippen LogP contribution in [0.4, 0.5) is 0 Å². The van der Waals surface area contributed by atoms with Gasteiger partial charge < -0.3 is 19.9 Å². The van der Waals surface area contributed by atoms with Gasteiger partial charge in [0, 0.05) is 26.2 Å². The first-order valence-electron chi connectivity index (χ1n) is 7.15. The third kappa shape index (κ3) is 5.47. The van der Waals surface area contributed by atoms with E-state index in [1.165, 1.54) is 0 Å². The molecule has 0 aromatic heterocycles. The number of hydrogen-bond donors (Lipinski definition) is 2. The van der Waals surface area contributed by atoms with Crippen LogP contribution in [-0.4, -0.2) is 49.1 Å². The Labute approximate surface area is 115 Å². The van der Waals surface area contributed by atoms with E-state index in [-0.39, 0.29) is 6.10 Å². The molecule has 112 valence electrons. The third-order valence-electron chi connectivity index (χ3n) is 3.69. The SMILES string of the molecule is CCNC(C)(CC(C)OCC1CCOCC1)C(=O)O. The number of aliphatic carboxylic acids is 1. The van der Waals surface area contributed by atoms with Crippen molar-refractivity contribution in [3.05, 3.63) is 0 Å². The van der Waals surface area contributed by atoms with Crippen molar-refractivity contribution in [2.75, 3.05) is 26.4 Å². The van der Waals surface area contributed by atoms with Crippen LogP contribution in [-0.2, 0) is 14.3 Å². The minimum Gasteiger partial charge on any atom is -0.480 e. The molecule has 1 aliphatic heterocycles. The van der Waals surface area contributed by atoms with Gasteiger partial charge >= 0.3 is 5.97 Å². The number of carboxylic acid groups (broad SMARTS) is 1. The standard InChI is InChI=1S/C14H27NO4/c1-4-15-14(3,13(16)17)9-11(2)19-10-12-5-7-18-8-6-12/h11-12,15H,4-10H2,1-3H3,(H,16,17). The highest BCUT2D eigenvalue weighted by Gasteiger charge is 2.34. The molecule has 0 amide bonds. The van der Waals surface area contributed by atoms with Gasteiger partial charge in [-0.15, -0.1) is 0 Å². The maximum absolute atomic E-state index is 11.3. The Morgan fingerprint density at radius 3 is 2.68 bits per heavy atom. The molecule has 2 N–H and O–H groups in total. The van der Waals surface area contributed by atoms with E-state index >= 15 is 0 Å². The highest BCUT2D eigenvalue weighted by Crippen LogP contribution is 2.19. The zero-order chi connectivity index (χ0) is 14.3. The van der Waals surface area contributed by atoms with Crippen LogP contribution in [0.15, 0.2) is 0 Å². The van der Waals surface area contributed by atoms with E-state index in [1.54, 1.807) is 6.92 Å². The molecule has 1 fully saturated rings. The Bertz CT molecular complexity index is 279. The zero-order valence-corrected chi connectivity index (χ0v) is 12.3. The Kier molecular flexibility index (Phi) is 6.75. The van der Waals surface area contributed by atoms with Crippen LogP contribution >= 0.6 is 0 Å². The highest BCUT2D eigenvalue weighted by molar-refractivity contribution is 5.78. The summed E-state index contributed by atoms with van der Waals surface area (Å²) in [6.45, 7) is 8.53. The summed E-state index contributed by atoms with van der Waals surface area (Å²) in [5, 5.41) is 12.3. The molecule has 0 spiro atoms. The lowest BCUT2D eigenvalue weighted by Crippen LogP contribution is -2.51. The van der Waals surface area contributed by atoms with Crippen molar-refractivity contribution in [2.24, 2.45) is 5.92 Å². The average Bonchev–Trinajstić information content (AvgIpc) is 2.37. The molecule has 5 nitrogen and oxygen atoms in total. The lowest BCUT2D eigenvalue weighted by Gasteiger charge is -2.30. The summed E-state index contributed by atoms with van der Waals surface area (Å²) in [4.78, 5) is 11.3. The molecule has 0 aromatic rings. The third-order valence-corrected chi connectivity index (χ3v) is 3.69. The van der Waals surface area contributed by atoms with E-state index in [9.17, 15) is 9.90 Å². The molecule has 2 atom stereocenters. The maximum atomic E-state index is 11.3. The van der Waals surface area contributed by atoms with Gasteiger partial charge in [-0.3, -0.25) is 4.79 Å². The van der Waals surface area contributed by atoms with Crippen LogP contribution < -0.4 is 5.32 Å². The van der Waals surface area contributed by atoms with E-state index in [0.29, 0.717) is 25.5 Å². The second-order valence-corrected chi connectivity index (χ2v) is 5.57. The normalized spacial score (nSPS) is 21.8. The average molecular weight is 273 g/mol. The van der Waals surface area contributed by atoms with E-state index in [2.05, 4.69) is 5.32 Å². The maximum Gasteiger partial charge on any atom is 0.323 e. The first-order chi connectivity index (χ1) is 8.98. The molecule has 1 rings (SSSR count). The van der Waals surface area contributed by atoms with Crippen molar-refractivity contribution in [3.8, 4) is 0 Å². The van der Waals surface area contributed by atoms with Crippen molar-refractivity contribution < 1.29 is 19.4 Å². The summed E-state index contributed by atoms with van der Waals surface area (Å²) in [7, 11) is 0. The first kappa shape index (κ1) is 16.4. The minimum absolute atomic E-state index is 0.0667. The molecule has 1 heterocycles. The van der Waals surface area contributed by atoms with Gasteiger partial charge in [0.25, 0.3) is 0 Å². The largest absolute Gasteiger partial charge is 0.480 e. The number of carboxylic acids is 1. The first-order valence-corrected chi connectivity index (χ1v) is 7.15.